The molecule has 3 rings (SSSR count). The number of carbonyl (C=O) groups excluding carboxylic acids is 2. The molecule has 2 heterocycles. The molecule has 0 spiro atoms. The summed E-state index contributed by atoms with van der Waals surface area (Å²) < 4.78 is 18.2. The molecule has 7 heteroatoms. The molecule has 1 fully saturated rings. The smallest absolute Gasteiger partial charge is 0.321 e. The molecule has 1 aliphatic heterocycles. The average Bonchev–Trinajstić information content (AvgIpc) is 3.16. The summed E-state index contributed by atoms with van der Waals surface area (Å²) in [5.41, 5.74) is 0.661. The van der Waals surface area contributed by atoms with Gasteiger partial charge >= 0.3 is 6.03 Å². The number of amides is 3. The zero-order chi connectivity index (χ0) is 17.6. The minimum Gasteiger partial charge on any atom is -0.459 e. The molecule has 1 saturated heterocycles. The second kappa shape index (κ2) is 7.65. The van der Waals surface area contributed by atoms with Gasteiger partial charge in [0, 0.05) is 32.4 Å². The predicted molar refractivity (Wildman–Crippen MR) is 90.2 cm³/mol. The van der Waals surface area contributed by atoms with Crippen molar-refractivity contribution in [2.75, 3.05) is 26.2 Å². The van der Waals surface area contributed by atoms with E-state index in [1.807, 2.05) is 0 Å². The molecule has 2 aromatic rings. The van der Waals surface area contributed by atoms with Crippen LogP contribution in [0.3, 0.4) is 0 Å². The second-order valence-corrected chi connectivity index (χ2v) is 5.59. The highest BCUT2D eigenvalue weighted by atomic mass is 19.1. The van der Waals surface area contributed by atoms with Crippen molar-refractivity contribution in [2.45, 2.75) is 0 Å². The summed E-state index contributed by atoms with van der Waals surface area (Å²) in [6.07, 6.45) is 4.57. The Labute approximate surface area is 144 Å². The number of rotatable bonds is 3. The molecule has 0 atom stereocenters. The van der Waals surface area contributed by atoms with Crippen LogP contribution in [0.4, 0.5) is 9.18 Å². The van der Waals surface area contributed by atoms with Gasteiger partial charge in [0.15, 0.2) is 5.76 Å². The number of nitrogens with one attached hydrogen (secondary N) is 1. The first kappa shape index (κ1) is 16.8. The van der Waals surface area contributed by atoms with Gasteiger partial charge in [0.05, 0.1) is 6.26 Å². The first-order valence-corrected chi connectivity index (χ1v) is 7.94. The number of hydrogen-bond acceptors (Lipinski definition) is 3. The molecule has 1 N–H and O–H groups in total. The Hall–Kier alpha value is -3.09. The lowest BCUT2D eigenvalue weighted by Crippen LogP contribution is -2.52. The van der Waals surface area contributed by atoms with Crippen LogP contribution in [0, 0.1) is 5.82 Å². The largest absolute Gasteiger partial charge is 0.459 e. The maximum absolute atomic E-state index is 13.1. The third-order valence-electron chi connectivity index (χ3n) is 3.92. The van der Waals surface area contributed by atoms with Crippen LogP contribution in [0.2, 0.25) is 0 Å². The van der Waals surface area contributed by atoms with E-state index in [0.29, 0.717) is 37.5 Å². The average molecular weight is 343 g/mol. The lowest BCUT2D eigenvalue weighted by molar-refractivity contribution is 0.0636. The quantitative estimate of drug-likeness (QED) is 0.931. The standard InChI is InChI=1S/C18H18FN3O3/c19-15-4-1-3-14(13-15)6-7-20-18(24)22-10-8-21(9-11-22)17(23)16-5-2-12-25-16/h1-7,12-13H,8-11H2,(H,20,24)/b7-6+. The monoisotopic (exact) mass is 343 g/mol. The normalized spacial score (nSPS) is 14.8. The highest BCUT2D eigenvalue weighted by Crippen LogP contribution is 2.10. The minimum atomic E-state index is -0.328. The molecule has 0 radical (unpaired) electrons. The fourth-order valence-corrected chi connectivity index (χ4v) is 2.58. The van der Waals surface area contributed by atoms with Gasteiger partial charge in [-0.25, -0.2) is 9.18 Å². The first-order valence-electron chi connectivity index (χ1n) is 7.94. The molecule has 1 aliphatic rings. The van der Waals surface area contributed by atoms with Crippen LogP contribution in [0.15, 0.2) is 53.3 Å². The molecular formula is C18H18FN3O3. The summed E-state index contributed by atoms with van der Waals surface area (Å²) in [4.78, 5) is 27.6. The molecule has 130 valence electrons. The van der Waals surface area contributed by atoms with Crippen molar-refractivity contribution in [1.29, 1.82) is 0 Å². The predicted octanol–water partition coefficient (Wildman–Crippen LogP) is 2.56. The lowest BCUT2D eigenvalue weighted by Gasteiger charge is -2.34. The van der Waals surface area contributed by atoms with Crippen LogP contribution in [-0.2, 0) is 0 Å². The number of furan rings is 1. The highest BCUT2D eigenvalue weighted by molar-refractivity contribution is 5.91. The van der Waals surface area contributed by atoms with Gasteiger partial charge in [-0.15, -0.1) is 0 Å². The number of nitrogens with zero attached hydrogens (tertiary/aromatic N) is 2. The Bertz CT molecular complexity index is 766. The maximum Gasteiger partial charge on any atom is 0.321 e. The number of urea groups is 1. The van der Waals surface area contributed by atoms with Crippen molar-refractivity contribution in [3.63, 3.8) is 0 Å². The third-order valence-corrected chi connectivity index (χ3v) is 3.92. The molecule has 0 saturated carbocycles. The van der Waals surface area contributed by atoms with Gasteiger partial charge in [0.1, 0.15) is 5.82 Å². The van der Waals surface area contributed by atoms with E-state index in [1.165, 1.54) is 24.6 Å². The van der Waals surface area contributed by atoms with Gasteiger partial charge in [-0.3, -0.25) is 4.79 Å². The van der Waals surface area contributed by atoms with E-state index >= 15 is 0 Å². The van der Waals surface area contributed by atoms with Gasteiger partial charge < -0.3 is 19.5 Å². The van der Waals surface area contributed by atoms with Gasteiger partial charge in [0.2, 0.25) is 0 Å². The summed E-state index contributed by atoms with van der Waals surface area (Å²) in [7, 11) is 0. The molecule has 6 nitrogen and oxygen atoms in total. The molecule has 1 aromatic carbocycles. The number of hydrogen-bond donors (Lipinski definition) is 1. The van der Waals surface area contributed by atoms with Crippen LogP contribution in [0.5, 0.6) is 0 Å². The number of benzene rings is 1. The summed E-state index contributed by atoms with van der Waals surface area (Å²) in [6, 6.07) is 9.12. The van der Waals surface area contributed by atoms with E-state index in [2.05, 4.69) is 5.32 Å². The summed E-state index contributed by atoms with van der Waals surface area (Å²) >= 11 is 0. The Morgan fingerprint density at radius 3 is 2.52 bits per heavy atom. The maximum atomic E-state index is 13.1. The van der Waals surface area contributed by atoms with E-state index < -0.39 is 0 Å². The van der Waals surface area contributed by atoms with E-state index in [-0.39, 0.29) is 17.8 Å². The Morgan fingerprint density at radius 2 is 1.84 bits per heavy atom. The van der Waals surface area contributed by atoms with Crippen LogP contribution >= 0.6 is 0 Å². The van der Waals surface area contributed by atoms with Crippen molar-refractivity contribution in [3.8, 4) is 0 Å². The number of piperazine rings is 1. The Balaban J connectivity index is 1.47. The van der Waals surface area contributed by atoms with Crippen molar-refractivity contribution >= 4 is 18.0 Å². The molecule has 3 amide bonds. The fraction of sp³-hybridized carbons (Fsp3) is 0.222. The van der Waals surface area contributed by atoms with E-state index in [9.17, 15) is 14.0 Å². The molecule has 0 bridgehead atoms. The van der Waals surface area contributed by atoms with E-state index in [1.54, 1.807) is 40.1 Å². The van der Waals surface area contributed by atoms with Gasteiger partial charge in [-0.05, 0) is 35.9 Å². The lowest BCUT2D eigenvalue weighted by atomic mass is 10.2. The van der Waals surface area contributed by atoms with Crippen LogP contribution < -0.4 is 5.32 Å². The van der Waals surface area contributed by atoms with Crippen molar-refractivity contribution in [3.05, 3.63) is 66.0 Å². The second-order valence-electron chi connectivity index (χ2n) is 5.59. The first-order chi connectivity index (χ1) is 12.1. The number of carbonyl (C=O) groups is 2. The van der Waals surface area contributed by atoms with Crippen LogP contribution in [0.25, 0.3) is 6.08 Å². The SMILES string of the molecule is O=C(N/C=C/c1cccc(F)c1)N1CCN(C(=O)c2ccco2)CC1. The van der Waals surface area contributed by atoms with Crippen molar-refractivity contribution in [1.82, 2.24) is 15.1 Å². The third kappa shape index (κ3) is 4.26. The van der Waals surface area contributed by atoms with Gasteiger partial charge in [-0.2, -0.15) is 0 Å². The Kier molecular flexibility index (Phi) is 5.13. The van der Waals surface area contributed by atoms with Gasteiger partial charge in [-0.1, -0.05) is 12.1 Å². The fourth-order valence-electron chi connectivity index (χ4n) is 2.58. The number of halogens is 1. The molecule has 25 heavy (non-hydrogen) atoms. The summed E-state index contributed by atoms with van der Waals surface area (Å²) in [5, 5.41) is 2.65. The molecular weight excluding hydrogens is 325 g/mol. The van der Waals surface area contributed by atoms with Gasteiger partial charge in [0.25, 0.3) is 5.91 Å². The van der Waals surface area contributed by atoms with E-state index in [4.69, 9.17) is 4.42 Å². The Morgan fingerprint density at radius 1 is 1.08 bits per heavy atom. The molecule has 0 unspecified atom stereocenters. The van der Waals surface area contributed by atoms with Crippen LogP contribution in [-0.4, -0.2) is 47.9 Å². The zero-order valence-corrected chi connectivity index (χ0v) is 13.5. The zero-order valence-electron chi connectivity index (χ0n) is 13.5. The topological polar surface area (TPSA) is 65.8 Å². The van der Waals surface area contributed by atoms with Crippen LogP contribution in [0.1, 0.15) is 16.1 Å². The van der Waals surface area contributed by atoms with Crippen molar-refractivity contribution < 1.29 is 18.4 Å². The summed E-state index contributed by atoms with van der Waals surface area (Å²) in [5.74, 6) is -0.196. The molecule has 1 aromatic heterocycles. The minimum absolute atomic E-state index is 0.170. The summed E-state index contributed by atoms with van der Waals surface area (Å²) in [6.45, 7) is 1.76. The highest BCUT2D eigenvalue weighted by Gasteiger charge is 2.25. The van der Waals surface area contributed by atoms with E-state index in [0.717, 1.165) is 0 Å². The van der Waals surface area contributed by atoms with Crippen molar-refractivity contribution in [2.24, 2.45) is 0 Å². The molecule has 0 aliphatic carbocycles.